The van der Waals surface area contributed by atoms with Gasteiger partial charge in [0.15, 0.2) is 0 Å². The summed E-state index contributed by atoms with van der Waals surface area (Å²) in [6, 6.07) is 16.0. The normalized spacial score (nSPS) is 15.4. The second kappa shape index (κ2) is 9.97. The smallest absolute Gasteiger partial charge is 0.233 e. The fourth-order valence-corrected chi connectivity index (χ4v) is 4.22. The molecule has 0 saturated carbocycles. The number of aryl methyl sites for hydroxylation is 1. The molecule has 0 radical (unpaired) electrons. The first-order valence-corrected chi connectivity index (χ1v) is 10.7. The summed E-state index contributed by atoms with van der Waals surface area (Å²) < 4.78 is 0.783. The second-order valence-corrected chi connectivity index (χ2v) is 8.38. The Bertz CT molecular complexity index is 782. The van der Waals surface area contributed by atoms with E-state index in [0.717, 1.165) is 60.3 Å². The maximum absolute atomic E-state index is 12.6. The number of thiocarbonyl (C=S) groups is 1. The van der Waals surface area contributed by atoms with E-state index in [0.29, 0.717) is 5.75 Å². The molecule has 1 aromatic heterocycles. The molecule has 1 saturated heterocycles. The van der Waals surface area contributed by atoms with Crippen LogP contribution in [0, 0.1) is 6.92 Å². The highest BCUT2D eigenvalue weighted by Crippen LogP contribution is 2.15. The van der Waals surface area contributed by atoms with Gasteiger partial charge in [0.2, 0.25) is 5.91 Å². The molecule has 0 spiro atoms. The maximum Gasteiger partial charge on any atom is 0.233 e. The van der Waals surface area contributed by atoms with Crippen LogP contribution < -0.4 is 0 Å². The molecule has 6 heteroatoms. The zero-order valence-electron chi connectivity index (χ0n) is 15.6. The van der Waals surface area contributed by atoms with Gasteiger partial charge in [0, 0.05) is 38.4 Å². The molecule has 0 unspecified atom stereocenters. The SMILES string of the molecule is Cc1cccc(CN2CCCN(C(=O)CSC(=S)c3ccccc3)CC2)n1. The number of pyridine rings is 1. The van der Waals surface area contributed by atoms with Gasteiger partial charge in [0.25, 0.3) is 0 Å². The molecule has 1 aliphatic rings. The lowest BCUT2D eigenvalue weighted by atomic mass is 10.2. The van der Waals surface area contributed by atoms with Gasteiger partial charge in [-0.3, -0.25) is 14.7 Å². The zero-order chi connectivity index (χ0) is 19.1. The summed E-state index contributed by atoms with van der Waals surface area (Å²) in [5, 5.41) is 0. The third kappa shape index (κ3) is 6.13. The summed E-state index contributed by atoms with van der Waals surface area (Å²) in [5.74, 6) is 0.585. The van der Waals surface area contributed by atoms with Crippen molar-refractivity contribution in [1.82, 2.24) is 14.8 Å². The number of amides is 1. The molecule has 3 rings (SSSR count). The fraction of sp³-hybridized carbons (Fsp3) is 0.381. The van der Waals surface area contributed by atoms with Crippen LogP contribution in [0.5, 0.6) is 0 Å². The fourth-order valence-electron chi connectivity index (χ4n) is 3.17. The van der Waals surface area contributed by atoms with E-state index in [1.165, 1.54) is 11.8 Å². The van der Waals surface area contributed by atoms with E-state index >= 15 is 0 Å². The van der Waals surface area contributed by atoms with Crippen LogP contribution in [0.4, 0.5) is 0 Å². The monoisotopic (exact) mass is 399 g/mol. The van der Waals surface area contributed by atoms with Gasteiger partial charge in [-0.25, -0.2) is 0 Å². The number of thioether (sulfide) groups is 1. The van der Waals surface area contributed by atoms with Crippen LogP contribution in [0.1, 0.15) is 23.4 Å². The zero-order valence-corrected chi connectivity index (χ0v) is 17.3. The number of hydrogen-bond acceptors (Lipinski definition) is 5. The number of nitrogens with zero attached hydrogens (tertiary/aromatic N) is 3. The maximum atomic E-state index is 12.6. The third-order valence-corrected chi connectivity index (χ3v) is 6.09. The lowest BCUT2D eigenvalue weighted by Crippen LogP contribution is -2.36. The van der Waals surface area contributed by atoms with Crippen LogP contribution in [0.2, 0.25) is 0 Å². The minimum absolute atomic E-state index is 0.175. The van der Waals surface area contributed by atoms with Gasteiger partial charge in [0.1, 0.15) is 0 Å². The third-order valence-electron chi connectivity index (χ3n) is 4.61. The van der Waals surface area contributed by atoms with Gasteiger partial charge in [0.05, 0.1) is 15.6 Å². The van der Waals surface area contributed by atoms with Crippen molar-refractivity contribution in [3.63, 3.8) is 0 Å². The predicted octanol–water partition coefficient (Wildman–Crippen LogP) is 3.53. The van der Waals surface area contributed by atoms with Gasteiger partial charge < -0.3 is 4.90 Å². The Morgan fingerprint density at radius 1 is 1.07 bits per heavy atom. The quantitative estimate of drug-likeness (QED) is 0.719. The van der Waals surface area contributed by atoms with E-state index in [9.17, 15) is 4.79 Å². The summed E-state index contributed by atoms with van der Waals surface area (Å²) in [7, 11) is 0. The summed E-state index contributed by atoms with van der Waals surface area (Å²) in [5.41, 5.74) is 3.15. The number of aromatic nitrogens is 1. The average molecular weight is 400 g/mol. The van der Waals surface area contributed by atoms with E-state index < -0.39 is 0 Å². The average Bonchev–Trinajstić information content (AvgIpc) is 2.92. The van der Waals surface area contributed by atoms with E-state index in [2.05, 4.69) is 22.0 Å². The molecule has 2 aromatic rings. The van der Waals surface area contributed by atoms with Crippen LogP contribution in [-0.4, -0.2) is 56.8 Å². The van der Waals surface area contributed by atoms with Crippen molar-refractivity contribution < 1.29 is 4.79 Å². The summed E-state index contributed by atoms with van der Waals surface area (Å²) >= 11 is 6.91. The minimum Gasteiger partial charge on any atom is -0.341 e. The van der Waals surface area contributed by atoms with Crippen LogP contribution in [0.25, 0.3) is 0 Å². The number of carbonyl (C=O) groups is 1. The van der Waals surface area contributed by atoms with E-state index in [1.54, 1.807) is 0 Å². The Morgan fingerprint density at radius 3 is 2.67 bits per heavy atom. The predicted molar refractivity (Wildman–Crippen MR) is 116 cm³/mol. The molecule has 1 fully saturated rings. The largest absolute Gasteiger partial charge is 0.341 e. The van der Waals surface area contributed by atoms with Crippen molar-refractivity contribution in [3.8, 4) is 0 Å². The number of benzene rings is 1. The molecule has 1 amide bonds. The molecule has 0 atom stereocenters. The molecule has 0 aliphatic carbocycles. The Morgan fingerprint density at radius 2 is 1.89 bits per heavy atom. The molecule has 0 N–H and O–H groups in total. The van der Waals surface area contributed by atoms with Crippen molar-refractivity contribution in [2.75, 3.05) is 31.9 Å². The van der Waals surface area contributed by atoms with Crippen molar-refractivity contribution in [2.24, 2.45) is 0 Å². The van der Waals surface area contributed by atoms with E-state index in [-0.39, 0.29) is 5.91 Å². The van der Waals surface area contributed by atoms with E-state index in [4.69, 9.17) is 12.2 Å². The molecular formula is C21H25N3OS2. The summed E-state index contributed by atoms with van der Waals surface area (Å²) in [6.07, 6.45) is 0.991. The highest BCUT2D eigenvalue weighted by Gasteiger charge is 2.20. The van der Waals surface area contributed by atoms with Crippen LogP contribution in [0.15, 0.2) is 48.5 Å². The van der Waals surface area contributed by atoms with Crippen molar-refractivity contribution >= 4 is 34.1 Å². The number of carbonyl (C=O) groups excluding carboxylic acids is 1. The van der Waals surface area contributed by atoms with Crippen LogP contribution >= 0.6 is 24.0 Å². The van der Waals surface area contributed by atoms with E-state index in [1.807, 2.05) is 48.2 Å². The topological polar surface area (TPSA) is 36.4 Å². The second-order valence-electron chi connectivity index (χ2n) is 6.72. The summed E-state index contributed by atoms with van der Waals surface area (Å²) in [4.78, 5) is 21.6. The molecule has 1 aliphatic heterocycles. The Hall–Kier alpha value is -1.76. The van der Waals surface area contributed by atoms with Crippen LogP contribution in [-0.2, 0) is 11.3 Å². The highest BCUT2D eigenvalue weighted by atomic mass is 32.2. The first kappa shape index (κ1) is 20.0. The Kier molecular flexibility index (Phi) is 7.38. The molecule has 0 bridgehead atoms. The van der Waals surface area contributed by atoms with Crippen molar-refractivity contribution in [3.05, 3.63) is 65.5 Å². The first-order valence-electron chi connectivity index (χ1n) is 9.26. The highest BCUT2D eigenvalue weighted by molar-refractivity contribution is 8.24. The standard InChI is InChI=1S/C21H25N3OS2/c1-17-7-5-10-19(22-17)15-23-11-6-12-24(14-13-23)20(25)16-27-21(26)18-8-3-2-4-9-18/h2-5,7-10H,6,11-16H2,1H3. The first-order chi connectivity index (χ1) is 13.1. The Balaban J connectivity index is 1.47. The van der Waals surface area contributed by atoms with Gasteiger partial charge in [-0.2, -0.15) is 0 Å². The molecular weight excluding hydrogens is 374 g/mol. The molecule has 142 valence electrons. The lowest BCUT2D eigenvalue weighted by Gasteiger charge is -2.22. The number of hydrogen-bond donors (Lipinski definition) is 0. The molecule has 4 nitrogen and oxygen atoms in total. The number of rotatable bonds is 5. The van der Waals surface area contributed by atoms with Gasteiger partial charge >= 0.3 is 0 Å². The molecule has 27 heavy (non-hydrogen) atoms. The minimum atomic E-state index is 0.175. The van der Waals surface area contributed by atoms with Gasteiger partial charge in [-0.05, 0) is 31.0 Å². The Labute approximate surface area is 171 Å². The molecule has 1 aromatic carbocycles. The van der Waals surface area contributed by atoms with Gasteiger partial charge in [-0.1, -0.05) is 48.6 Å². The van der Waals surface area contributed by atoms with Crippen molar-refractivity contribution in [2.45, 2.75) is 19.9 Å². The van der Waals surface area contributed by atoms with Gasteiger partial charge in [-0.15, -0.1) is 11.8 Å². The lowest BCUT2D eigenvalue weighted by molar-refractivity contribution is -0.128. The summed E-state index contributed by atoms with van der Waals surface area (Å²) in [6.45, 7) is 6.32. The van der Waals surface area contributed by atoms with Crippen LogP contribution in [0.3, 0.4) is 0 Å². The van der Waals surface area contributed by atoms with Crippen molar-refractivity contribution in [1.29, 1.82) is 0 Å². The molecule has 2 heterocycles.